The number of hydrogen-bond donors (Lipinski definition) is 0. The van der Waals surface area contributed by atoms with E-state index in [1.54, 1.807) is 35.3 Å². The predicted molar refractivity (Wildman–Crippen MR) is 88.2 cm³/mol. The summed E-state index contributed by atoms with van der Waals surface area (Å²) in [4.78, 5) is 8.28. The maximum atomic E-state index is 13.9. The van der Waals surface area contributed by atoms with Gasteiger partial charge in [-0.25, -0.2) is 23.7 Å². The van der Waals surface area contributed by atoms with E-state index >= 15 is 0 Å². The molecule has 0 saturated heterocycles. The second-order valence-corrected chi connectivity index (χ2v) is 5.96. The lowest BCUT2D eigenvalue weighted by atomic mass is 10.2. The zero-order valence-corrected chi connectivity index (χ0v) is 14.1. The fourth-order valence-electron chi connectivity index (χ4n) is 2.47. The molecule has 24 heavy (non-hydrogen) atoms. The van der Waals surface area contributed by atoms with Gasteiger partial charge in [-0.3, -0.25) is 0 Å². The Kier molecular flexibility index (Phi) is 3.57. The topological polar surface area (TPSA) is 74.3 Å². The molecule has 0 radical (unpaired) electrons. The van der Waals surface area contributed by atoms with E-state index in [1.807, 2.05) is 6.92 Å². The van der Waals surface area contributed by atoms with Gasteiger partial charge < -0.3 is 0 Å². The minimum absolute atomic E-state index is 0.228. The molecule has 1 aromatic carbocycles. The van der Waals surface area contributed by atoms with Gasteiger partial charge in [-0.2, -0.15) is 5.10 Å². The number of fused-ring (bicyclic) bond motifs is 1. The molecule has 0 amide bonds. The highest BCUT2D eigenvalue weighted by atomic mass is 79.9. The summed E-state index contributed by atoms with van der Waals surface area (Å²) in [5.41, 5.74) is 1.68. The molecule has 3 heterocycles. The Balaban J connectivity index is 1.75. The van der Waals surface area contributed by atoms with Crippen LogP contribution in [0, 0.1) is 5.82 Å². The van der Waals surface area contributed by atoms with Crippen molar-refractivity contribution in [1.82, 2.24) is 34.7 Å². The smallest absolute Gasteiger partial charge is 0.162 e. The molecule has 0 aliphatic carbocycles. The molecule has 1 unspecified atom stereocenters. The summed E-state index contributed by atoms with van der Waals surface area (Å²) < 4.78 is 17.7. The molecule has 0 bridgehead atoms. The van der Waals surface area contributed by atoms with Gasteiger partial charge in [-0.15, -0.1) is 5.10 Å². The first kappa shape index (κ1) is 14.9. The quantitative estimate of drug-likeness (QED) is 0.540. The number of benzene rings is 1. The van der Waals surface area contributed by atoms with Crippen LogP contribution in [0.1, 0.15) is 18.7 Å². The highest BCUT2D eigenvalue weighted by Crippen LogP contribution is 2.26. The van der Waals surface area contributed by atoms with E-state index in [-0.39, 0.29) is 11.9 Å². The number of aromatic nitrogens is 7. The van der Waals surface area contributed by atoms with Gasteiger partial charge in [-0.1, -0.05) is 17.3 Å². The molecule has 4 rings (SSSR count). The van der Waals surface area contributed by atoms with Crippen LogP contribution in [0.15, 0.2) is 47.6 Å². The summed E-state index contributed by atoms with van der Waals surface area (Å²) in [5, 5.41) is 13.4. The fourth-order valence-corrected chi connectivity index (χ4v) is 2.92. The summed E-state index contributed by atoms with van der Waals surface area (Å²) in [5.74, 6) is -0.360. The van der Waals surface area contributed by atoms with Crippen LogP contribution in [0.25, 0.3) is 16.7 Å². The summed E-state index contributed by atoms with van der Waals surface area (Å²) >= 11 is 3.41. The summed E-state index contributed by atoms with van der Waals surface area (Å²) in [6.07, 6.45) is 4.85. The number of rotatable bonds is 3. The summed E-state index contributed by atoms with van der Waals surface area (Å²) in [6.45, 7) is 1.93. The zero-order valence-electron chi connectivity index (χ0n) is 12.5. The molecule has 120 valence electrons. The van der Waals surface area contributed by atoms with Crippen molar-refractivity contribution < 1.29 is 4.39 Å². The van der Waals surface area contributed by atoms with E-state index in [0.717, 1.165) is 5.39 Å². The largest absolute Gasteiger partial charge is 0.244 e. The van der Waals surface area contributed by atoms with Gasteiger partial charge in [0.25, 0.3) is 0 Å². The van der Waals surface area contributed by atoms with E-state index in [1.165, 1.54) is 17.1 Å². The van der Waals surface area contributed by atoms with Crippen molar-refractivity contribution in [1.29, 1.82) is 0 Å². The van der Waals surface area contributed by atoms with E-state index in [9.17, 15) is 4.39 Å². The third-order valence-corrected chi connectivity index (χ3v) is 4.32. The zero-order chi connectivity index (χ0) is 16.7. The number of para-hydroxylation sites is 1. The molecule has 7 nitrogen and oxygen atoms in total. The Morgan fingerprint density at radius 3 is 2.92 bits per heavy atom. The molecule has 3 aromatic heterocycles. The summed E-state index contributed by atoms with van der Waals surface area (Å²) in [6, 6.07) is 6.18. The second kappa shape index (κ2) is 5.75. The highest BCUT2D eigenvalue weighted by molar-refractivity contribution is 9.10. The molecule has 9 heteroatoms. The van der Waals surface area contributed by atoms with Gasteiger partial charge in [0, 0.05) is 6.20 Å². The van der Waals surface area contributed by atoms with Crippen LogP contribution in [-0.4, -0.2) is 34.7 Å². The minimum Gasteiger partial charge on any atom is -0.244 e. The van der Waals surface area contributed by atoms with Crippen molar-refractivity contribution in [3.05, 3.63) is 59.1 Å². The van der Waals surface area contributed by atoms with Crippen LogP contribution in [0.5, 0.6) is 0 Å². The first-order chi connectivity index (χ1) is 11.6. The van der Waals surface area contributed by atoms with Gasteiger partial charge in [-0.05, 0) is 35.0 Å². The van der Waals surface area contributed by atoms with Gasteiger partial charge >= 0.3 is 0 Å². The van der Waals surface area contributed by atoms with E-state index in [0.29, 0.717) is 21.6 Å². The Labute approximate surface area is 144 Å². The third-order valence-electron chi connectivity index (χ3n) is 3.73. The van der Waals surface area contributed by atoms with Crippen molar-refractivity contribution in [3.63, 3.8) is 0 Å². The van der Waals surface area contributed by atoms with Gasteiger partial charge in [0.15, 0.2) is 5.65 Å². The molecule has 0 N–H and O–H groups in total. The monoisotopic (exact) mass is 387 g/mol. The third kappa shape index (κ3) is 2.37. The molecule has 1 atom stereocenters. The van der Waals surface area contributed by atoms with Gasteiger partial charge in [0.05, 0.1) is 17.6 Å². The standard InChI is InChI=1S/C15H11BrFN7/c1-9(24-15-10(14(16)21-24)6-18-8-19-15)12-7-23(22-20-12)13-5-3-2-4-11(13)17/h2-9H,1H3. The van der Waals surface area contributed by atoms with Crippen molar-refractivity contribution in [2.75, 3.05) is 0 Å². The van der Waals surface area contributed by atoms with Crippen molar-refractivity contribution >= 4 is 27.0 Å². The van der Waals surface area contributed by atoms with Crippen LogP contribution < -0.4 is 0 Å². The molecular formula is C15H11BrFN7. The molecular weight excluding hydrogens is 377 g/mol. The van der Waals surface area contributed by atoms with Gasteiger partial charge in [0.1, 0.15) is 28.1 Å². The van der Waals surface area contributed by atoms with E-state index < -0.39 is 0 Å². The highest BCUT2D eigenvalue weighted by Gasteiger charge is 2.19. The lowest BCUT2D eigenvalue weighted by molar-refractivity contribution is 0.560. The first-order valence-electron chi connectivity index (χ1n) is 7.16. The molecule has 0 fully saturated rings. The normalized spacial score (nSPS) is 12.6. The minimum atomic E-state index is -0.360. The van der Waals surface area contributed by atoms with Crippen LogP contribution in [-0.2, 0) is 0 Å². The molecule has 0 aliphatic rings. The number of hydrogen-bond acceptors (Lipinski definition) is 5. The Morgan fingerprint density at radius 1 is 1.25 bits per heavy atom. The van der Waals surface area contributed by atoms with Crippen molar-refractivity contribution in [3.8, 4) is 5.69 Å². The van der Waals surface area contributed by atoms with Crippen molar-refractivity contribution in [2.24, 2.45) is 0 Å². The molecule has 0 saturated carbocycles. The maximum Gasteiger partial charge on any atom is 0.162 e. The van der Waals surface area contributed by atoms with Crippen LogP contribution in [0.4, 0.5) is 4.39 Å². The van der Waals surface area contributed by atoms with Gasteiger partial charge in [0.2, 0.25) is 0 Å². The number of nitrogens with zero attached hydrogens (tertiary/aromatic N) is 7. The molecule has 0 spiro atoms. The Morgan fingerprint density at radius 2 is 2.08 bits per heavy atom. The Hall–Kier alpha value is -2.68. The second-order valence-electron chi connectivity index (χ2n) is 5.21. The summed E-state index contributed by atoms with van der Waals surface area (Å²) in [7, 11) is 0. The lowest BCUT2D eigenvalue weighted by Gasteiger charge is -2.09. The van der Waals surface area contributed by atoms with Crippen LogP contribution >= 0.6 is 15.9 Å². The predicted octanol–water partition coefficient (Wildman–Crippen LogP) is 2.92. The van der Waals surface area contributed by atoms with Crippen LogP contribution in [0.3, 0.4) is 0 Å². The van der Waals surface area contributed by atoms with E-state index in [4.69, 9.17) is 0 Å². The first-order valence-corrected chi connectivity index (χ1v) is 7.95. The SMILES string of the molecule is CC(c1cn(-c2ccccc2F)nn1)n1nc(Br)c2cncnc21. The number of halogens is 2. The lowest BCUT2D eigenvalue weighted by Crippen LogP contribution is -2.09. The molecule has 4 aromatic rings. The molecule has 0 aliphatic heterocycles. The average Bonchev–Trinajstić information content (AvgIpc) is 3.21. The van der Waals surface area contributed by atoms with Crippen LogP contribution in [0.2, 0.25) is 0 Å². The fraction of sp³-hybridized carbons (Fsp3) is 0.133. The average molecular weight is 388 g/mol. The van der Waals surface area contributed by atoms with E-state index in [2.05, 4.69) is 41.3 Å². The maximum absolute atomic E-state index is 13.9. The Bertz CT molecular complexity index is 1030. The van der Waals surface area contributed by atoms with Crippen molar-refractivity contribution in [2.45, 2.75) is 13.0 Å².